The van der Waals surface area contributed by atoms with E-state index in [1.165, 1.54) is 12.1 Å². The molecule has 0 saturated carbocycles. The second kappa shape index (κ2) is 8.28. The molecule has 30 heavy (non-hydrogen) atoms. The molecule has 1 unspecified atom stereocenters. The summed E-state index contributed by atoms with van der Waals surface area (Å²) < 4.78 is 83.9. The normalized spacial score (nSPS) is 17.9. The van der Waals surface area contributed by atoms with Crippen LogP contribution in [0, 0.1) is 0 Å². The molecular weight excluding hydrogens is 459 g/mol. The van der Waals surface area contributed by atoms with E-state index in [0.717, 1.165) is 4.90 Å². The zero-order valence-corrected chi connectivity index (χ0v) is 16.5. The van der Waals surface area contributed by atoms with Gasteiger partial charge in [0.2, 0.25) is 0 Å². The number of benzene rings is 2. The maximum absolute atomic E-state index is 13.1. The molecule has 1 atom stereocenters. The Hall–Kier alpha value is -1.97. The third-order valence-corrected chi connectivity index (χ3v) is 5.24. The van der Waals surface area contributed by atoms with Crippen molar-refractivity contribution in [3.05, 3.63) is 68.7 Å². The minimum atomic E-state index is -5.04. The lowest BCUT2D eigenvalue weighted by Crippen LogP contribution is -2.42. The van der Waals surface area contributed by atoms with Crippen molar-refractivity contribution in [3.63, 3.8) is 0 Å². The highest BCUT2D eigenvalue weighted by atomic mass is 35.5. The first-order chi connectivity index (χ1) is 13.9. The summed E-state index contributed by atoms with van der Waals surface area (Å²) in [5, 5.41) is 0.543. The van der Waals surface area contributed by atoms with Crippen molar-refractivity contribution in [3.8, 4) is 0 Å². The van der Waals surface area contributed by atoms with Gasteiger partial charge in [-0.15, -0.1) is 0 Å². The molecule has 1 saturated heterocycles. The first-order valence-electron chi connectivity index (χ1n) is 8.51. The lowest BCUT2D eigenvalue weighted by Gasteiger charge is -2.33. The van der Waals surface area contributed by atoms with Crippen LogP contribution in [0.15, 0.2) is 36.4 Å². The summed E-state index contributed by atoms with van der Waals surface area (Å²) in [5.41, 5.74) is -3.22. The van der Waals surface area contributed by atoms with Gasteiger partial charge in [0.25, 0.3) is 5.91 Å². The van der Waals surface area contributed by atoms with Gasteiger partial charge in [-0.25, -0.2) is 0 Å². The standard InChI is InChI=1S/C19H13Cl2F6NO2/c20-14-2-1-10(7-15(14)21)16-9-28(3-4-30-16)17(29)11-5-12(18(22,23)24)8-13(6-11)19(25,26)27/h1-2,5-8,16H,3-4,9H2. The summed E-state index contributed by atoms with van der Waals surface area (Å²) >= 11 is 11.8. The van der Waals surface area contributed by atoms with Gasteiger partial charge in [0.1, 0.15) is 6.10 Å². The third-order valence-electron chi connectivity index (χ3n) is 4.50. The largest absolute Gasteiger partial charge is 0.416 e. The van der Waals surface area contributed by atoms with Gasteiger partial charge in [-0.05, 0) is 35.9 Å². The topological polar surface area (TPSA) is 29.5 Å². The molecule has 1 aliphatic rings. The number of halogens is 8. The van der Waals surface area contributed by atoms with Crippen molar-refractivity contribution in [2.75, 3.05) is 19.7 Å². The zero-order valence-electron chi connectivity index (χ0n) is 15.0. The highest BCUT2D eigenvalue weighted by Crippen LogP contribution is 2.37. The van der Waals surface area contributed by atoms with E-state index < -0.39 is 41.1 Å². The number of morpholine rings is 1. The Balaban J connectivity index is 1.90. The van der Waals surface area contributed by atoms with Gasteiger partial charge >= 0.3 is 12.4 Å². The average Bonchev–Trinajstić information content (AvgIpc) is 2.68. The van der Waals surface area contributed by atoms with Gasteiger partial charge in [0, 0.05) is 12.1 Å². The first kappa shape index (κ1) is 22.7. The van der Waals surface area contributed by atoms with Crippen LogP contribution >= 0.6 is 23.2 Å². The van der Waals surface area contributed by atoms with Gasteiger partial charge in [0.15, 0.2) is 0 Å². The molecule has 2 aromatic carbocycles. The Morgan fingerprint density at radius 3 is 2.07 bits per heavy atom. The number of nitrogens with zero attached hydrogens (tertiary/aromatic N) is 1. The smallest absolute Gasteiger partial charge is 0.370 e. The molecular formula is C19H13Cl2F6NO2. The predicted octanol–water partition coefficient (Wildman–Crippen LogP) is 6.24. The van der Waals surface area contributed by atoms with Crippen molar-refractivity contribution in [1.82, 2.24) is 4.90 Å². The number of carbonyl (C=O) groups is 1. The Labute approximate surface area is 177 Å². The van der Waals surface area contributed by atoms with E-state index in [9.17, 15) is 31.1 Å². The molecule has 1 fully saturated rings. The number of carbonyl (C=O) groups excluding carboxylic acids is 1. The SMILES string of the molecule is O=C(c1cc(C(F)(F)F)cc(C(F)(F)F)c1)N1CCOC(c2ccc(Cl)c(Cl)c2)C1. The van der Waals surface area contributed by atoms with Crippen LogP contribution < -0.4 is 0 Å². The van der Waals surface area contributed by atoms with Gasteiger partial charge in [0.05, 0.1) is 34.3 Å². The predicted molar refractivity (Wildman–Crippen MR) is 97.5 cm³/mol. The quantitative estimate of drug-likeness (QED) is 0.484. The Morgan fingerprint density at radius 1 is 0.933 bits per heavy atom. The second-order valence-electron chi connectivity index (χ2n) is 6.58. The molecule has 0 aliphatic carbocycles. The summed E-state index contributed by atoms with van der Waals surface area (Å²) in [4.78, 5) is 13.9. The molecule has 1 amide bonds. The molecule has 0 N–H and O–H groups in total. The molecule has 0 aromatic heterocycles. The number of alkyl halides is 6. The zero-order chi connectivity index (χ0) is 22.3. The fraction of sp³-hybridized carbons (Fsp3) is 0.316. The van der Waals surface area contributed by atoms with Gasteiger partial charge in [-0.2, -0.15) is 26.3 Å². The molecule has 3 nitrogen and oxygen atoms in total. The molecule has 2 aromatic rings. The minimum absolute atomic E-state index is 0.00819. The molecule has 0 spiro atoms. The van der Waals surface area contributed by atoms with Crippen LogP contribution in [0.5, 0.6) is 0 Å². The van der Waals surface area contributed by atoms with Crippen LogP contribution in [0.1, 0.15) is 33.2 Å². The second-order valence-corrected chi connectivity index (χ2v) is 7.39. The van der Waals surface area contributed by atoms with Crippen LogP contribution in [0.2, 0.25) is 10.0 Å². The van der Waals surface area contributed by atoms with Crippen LogP contribution in [0.4, 0.5) is 26.3 Å². The number of amides is 1. The molecule has 1 aliphatic heterocycles. The molecule has 1 heterocycles. The molecule has 0 radical (unpaired) electrons. The first-order valence-corrected chi connectivity index (χ1v) is 9.27. The lowest BCUT2D eigenvalue weighted by atomic mass is 10.0. The van der Waals surface area contributed by atoms with Crippen LogP contribution in [-0.4, -0.2) is 30.5 Å². The maximum atomic E-state index is 13.1. The fourth-order valence-electron chi connectivity index (χ4n) is 3.01. The highest BCUT2D eigenvalue weighted by Gasteiger charge is 2.38. The van der Waals surface area contributed by atoms with Crippen molar-refractivity contribution in [1.29, 1.82) is 0 Å². The summed E-state index contributed by atoms with van der Waals surface area (Å²) in [5.74, 6) is -0.958. The van der Waals surface area contributed by atoms with E-state index in [1.54, 1.807) is 6.07 Å². The van der Waals surface area contributed by atoms with Crippen molar-refractivity contribution in [2.45, 2.75) is 18.5 Å². The van der Waals surface area contributed by atoms with Crippen LogP contribution in [0.3, 0.4) is 0 Å². The van der Waals surface area contributed by atoms with Crippen molar-refractivity contribution >= 4 is 29.1 Å². The van der Waals surface area contributed by atoms with E-state index in [2.05, 4.69) is 0 Å². The van der Waals surface area contributed by atoms with Crippen LogP contribution in [0.25, 0.3) is 0 Å². The average molecular weight is 472 g/mol. The molecule has 0 bridgehead atoms. The highest BCUT2D eigenvalue weighted by molar-refractivity contribution is 6.42. The summed E-state index contributed by atoms with van der Waals surface area (Å²) in [7, 11) is 0. The Kier molecular flexibility index (Phi) is 6.27. The molecule has 162 valence electrons. The number of ether oxygens (including phenoxy) is 1. The number of rotatable bonds is 2. The lowest BCUT2D eigenvalue weighted by molar-refractivity contribution is -0.143. The van der Waals surface area contributed by atoms with Crippen LogP contribution in [-0.2, 0) is 17.1 Å². The van der Waals surface area contributed by atoms with E-state index in [4.69, 9.17) is 27.9 Å². The Morgan fingerprint density at radius 2 is 1.53 bits per heavy atom. The maximum Gasteiger partial charge on any atom is 0.416 e. The number of hydrogen-bond donors (Lipinski definition) is 0. The van der Waals surface area contributed by atoms with Gasteiger partial charge in [-0.1, -0.05) is 29.3 Å². The Bertz CT molecular complexity index is 929. The summed E-state index contributed by atoms with van der Waals surface area (Å²) in [6, 6.07) is 5.47. The fourth-order valence-corrected chi connectivity index (χ4v) is 3.32. The molecule has 11 heteroatoms. The van der Waals surface area contributed by atoms with E-state index >= 15 is 0 Å². The monoisotopic (exact) mass is 471 g/mol. The van der Waals surface area contributed by atoms with E-state index in [-0.39, 0.29) is 30.8 Å². The molecule has 3 rings (SSSR count). The number of hydrogen-bond acceptors (Lipinski definition) is 2. The van der Waals surface area contributed by atoms with Gasteiger partial charge < -0.3 is 9.64 Å². The summed E-state index contributed by atoms with van der Waals surface area (Å²) in [6.45, 7) is -0.0234. The van der Waals surface area contributed by atoms with Crippen molar-refractivity contribution < 1.29 is 35.9 Å². The van der Waals surface area contributed by atoms with Crippen molar-refractivity contribution in [2.24, 2.45) is 0 Å². The minimum Gasteiger partial charge on any atom is -0.370 e. The third kappa shape index (κ3) is 5.01. The van der Waals surface area contributed by atoms with E-state index in [1.807, 2.05) is 0 Å². The van der Waals surface area contributed by atoms with Gasteiger partial charge in [-0.3, -0.25) is 4.79 Å². The summed E-state index contributed by atoms with van der Waals surface area (Å²) in [6.07, 6.45) is -10.7. The van der Waals surface area contributed by atoms with E-state index in [0.29, 0.717) is 22.7 Å².